The number of aromatic nitrogens is 1. The van der Waals surface area contributed by atoms with Crippen molar-refractivity contribution in [1.29, 1.82) is 0 Å². The van der Waals surface area contributed by atoms with Crippen molar-refractivity contribution in [3.8, 4) is 5.75 Å². The van der Waals surface area contributed by atoms with Gasteiger partial charge in [-0.05, 0) is 57.4 Å². The van der Waals surface area contributed by atoms with Gasteiger partial charge in [0.25, 0.3) is 0 Å². The van der Waals surface area contributed by atoms with E-state index in [1.807, 2.05) is 18.3 Å². The van der Waals surface area contributed by atoms with E-state index in [4.69, 9.17) is 9.73 Å². The molecule has 3 heterocycles. The number of fused-ring (bicyclic) bond motifs is 1. The molecule has 0 aliphatic carbocycles. The Hall–Kier alpha value is -2.76. The minimum atomic E-state index is -0.223. The molecular weight excluding hydrogens is 374 g/mol. The van der Waals surface area contributed by atoms with E-state index in [2.05, 4.69) is 65.6 Å². The third-order valence-corrected chi connectivity index (χ3v) is 5.69. The van der Waals surface area contributed by atoms with Crippen molar-refractivity contribution in [3.05, 3.63) is 53.7 Å². The van der Waals surface area contributed by atoms with E-state index in [0.29, 0.717) is 6.54 Å². The van der Waals surface area contributed by atoms with E-state index in [1.165, 1.54) is 24.0 Å². The van der Waals surface area contributed by atoms with Gasteiger partial charge in [0.2, 0.25) is 0 Å². The van der Waals surface area contributed by atoms with Crippen molar-refractivity contribution < 1.29 is 4.74 Å². The standard InChI is InChI=1S/C24H33N5O/c1-4-25-23(27-17-18-11-12-26-22(15-18)29-13-7-8-14-29)28-20-16-24(2,3)30-21-10-6-5-9-19(20)21/h5-6,9-12,15,20H,4,7-8,13-14,16-17H2,1-3H3,(H2,25,27,28). The summed E-state index contributed by atoms with van der Waals surface area (Å²) in [6.45, 7) is 10.0. The van der Waals surface area contributed by atoms with E-state index >= 15 is 0 Å². The van der Waals surface area contributed by atoms with Gasteiger partial charge in [-0.15, -0.1) is 0 Å². The van der Waals surface area contributed by atoms with E-state index in [-0.39, 0.29) is 11.6 Å². The fraction of sp³-hybridized carbons (Fsp3) is 0.500. The van der Waals surface area contributed by atoms with Crippen LogP contribution in [0.2, 0.25) is 0 Å². The van der Waals surface area contributed by atoms with Crippen LogP contribution in [-0.4, -0.2) is 36.2 Å². The zero-order chi connectivity index (χ0) is 21.0. The first-order valence-corrected chi connectivity index (χ1v) is 11.1. The smallest absolute Gasteiger partial charge is 0.192 e. The normalized spacial score (nSPS) is 20.4. The molecule has 0 amide bonds. The lowest BCUT2D eigenvalue weighted by Crippen LogP contribution is -2.45. The van der Waals surface area contributed by atoms with Crippen molar-refractivity contribution in [2.75, 3.05) is 24.5 Å². The molecule has 2 aliphatic heterocycles. The van der Waals surface area contributed by atoms with Crippen molar-refractivity contribution in [1.82, 2.24) is 15.6 Å². The highest BCUT2D eigenvalue weighted by Gasteiger charge is 2.33. The topological polar surface area (TPSA) is 61.8 Å². The summed E-state index contributed by atoms with van der Waals surface area (Å²) in [7, 11) is 0. The van der Waals surface area contributed by atoms with Gasteiger partial charge in [-0.1, -0.05) is 18.2 Å². The third kappa shape index (κ3) is 4.86. The average molecular weight is 408 g/mol. The van der Waals surface area contributed by atoms with Crippen LogP contribution in [0.3, 0.4) is 0 Å². The van der Waals surface area contributed by atoms with E-state index in [9.17, 15) is 0 Å². The highest BCUT2D eigenvalue weighted by Crippen LogP contribution is 2.39. The highest BCUT2D eigenvalue weighted by atomic mass is 16.5. The Bertz CT molecular complexity index is 889. The molecule has 1 fully saturated rings. The number of anilines is 1. The molecular formula is C24H33N5O. The van der Waals surface area contributed by atoms with Gasteiger partial charge in [-0.3, -0.25) is 0 Å². The van der Waals surface area contributed by atoms with Crippen LogP contribution in [0, 0.1) is 0 Å². The quantitative estimate of drug-likeness (QED) is 0.579. The van der Waals surface area contributed by atoms with Crippen LogP contribution in [0.1, 0.15) is 57.2 Å². The molecule has 6 heteroatoms. The van der Waals surface area contributed by atoms with Gasteiger partial charge in [0, 0.05) is 37.8 Å². The number of pyridine rings is 1. The zero-order valence-corrected chi connectivity index (χ0v) is 18.3. The Labute approximate surface area is 179 Å². The van der Waals surface area contributed by atoms with Crippen LogP contribution in [0.15, 0.2) is 47.6 Å². The molecule has 2 aromatic rings. The summed E-state index contributed by atoms with van der Waals surface area (Å²) < 4.78 is 6.17. The number of nitrogens with one attached hydrogen (secondary N) is 2. The molecule has 30 heavy (non-hydrogen) atoms. The second-order valence-electron chi connectivity index (χ2n) is 8.71. The summed E-state index contributed by atoms with van der Waals surface area (Å²) in [5.74, 6) is 2.85. The fourth-order valence-electron chi connectivity index (χ4n) is 4.26. The Morgan fingerprint density at radius 2 is 2.03 bits per heavy atom. The lowest BCUT2D eigenvalue weighted by molar-refractivity contribution is 0.0694. The van der Waals surface area contributed by atoms with Crippen LogP contribution < -0.4 is 20.3 Å². The summed E-state index contributed by atoms with van der Waals surface area (Å²) in [6.07, 6.45) is 5.28. The van der Waals surface area contributed by atoms with Gasteiger partial charge < -0.3 is 20.3 Å². The van der Waals surface area contributed by atoms with Gasteiger partial charge in [-0.25, -0.2) is 9.98 Å². The first kappa shape index (κ1) is 20.5. The maximum absolute atomic E-state index is 6.17. The van der Waals surface area contributed by atoms with Crippen LogP contribution in [0.25, 0.3) is 0 Å². The molecule has 1 aromatic carbocycles. The third-order valence-electron chi connectivity index (χ3n) is 5.69. The summed E-state index contributed by atoms with van der Waals surface area (Å²) in [6, 6.07) is 12.7. The van der Waals surface area contributed by atoms with Crippen LogP contribution in [-0.2, 0) is 6.54 Å². The fourth-order valence-corrected chi connectivity index (χ4v) is 4.26. The predicted molar refractivity (Wildman–Crippen MR) is 122 cm³/mol. The molecule has 0 bridgehead atoms. The number of nitrogens with zero attached hydrogens (tertiary/aromatic N) is 3. The summed E-state index contributed by atoms with van der Waals surface area (Å²) >= 11 is 0. The molecule has 4 rings (SSSR count). The average Bonchev–Trinajstić information content (AvgIpc) is 3.26. The summed E-state index contributed by atoms with van der Waals surface area (Å²) in [5.41, 5.74) is 2.14. The number of para-hydroxylation sites is 1. The Morgan fingerprint density at radius 1 is 1.23 bits per heavy atom. The Morgan fingerprint density at radius 3 is 2.83 bits per heavy atom. The minimum Gasteiger partial charge on any atom is -0.487 e. The first-order valence-electron chi connectivity index (χ1n) is 11.1. The lowest BCUT2D eigenvalue weighted by atomic mass is 9.90. The molecule has 2 aliphatic rings. The van der Waals surface area contributed by atoms with Crippen LogP contribution in [0.4, 0.5) is 5.82 Å². The Balaban J connectivity index is 1.50. The second-order valence-corrected chi connectivity index (χ2v) is 8.71. The Kier molecular flexibility index (Phi) is 6.11. The maximum Gasteiger partial charge on any atom is 0.192 e. The number of benzene rings is 1. The molecule has 0 saturated carbocycles. The molecule has 6 nitrogen and oxygen atoms in total. The van der Waals surface area contributed by atoms with Crippen molar-refractivity contribution in [2.24, 2.45) is 4.99 Å². The largest absolute Gasteiger partial charge is 0.487 e. The van der Waals surface area contributed by atoms with E-state index < -0.39 is 0 Å². The molecule has 160 valence electrons. The van der Waals surface area contributed by atoms with Crippen LogP contribution >= 0.6 is 0 Å². The maximum atomic E-state index is 6.17. The number of rotatable bonds is 5. The number of aliphatic imine (C=N–C) groups is 1. The van der Waals surface area contributed by atoms with Gasteiger partial charge in [-0.2, -0.15) is 0 Å². The molecule has 0 radical (unpaired) electrons. The number of ether oxygens (including phenoxy) is 1. The molecule has 1 aromatic heterocycles. The van der Waals surface area contributed by atoms with Gasteiger partial charge in [0.15, 0.2) is 5.96 Å². The first-order chi connectivity index (χ1) is 14.5. The summed E-state index contributed by atoms with van der Waals surface area (Å²) in [5, 5.41) is 7.04. The molecule has 1 atom stereocenters. The van der Waals surface area contributed by atoms with Crippen molar-refractivity contribution in [2.45, 2.75) is 58.2 Å². The van der Waals surface area contributed by atoms with Gasteiger partial charge in [0.1, 0.15) is 17.2 Å². The second kappa shape index (κ2) is 8.94. The monoisotopic (exact) mass is 407 g/mol. The SMILES string of the molecule is CCNC(=NCc1ccnc(N2CCCC2)c1)NC1CC(C)(C)Oc2ccccc21. The number of hydrogen-bond acceptors (Lipinski definition) is 4. The molecule has 1 unspecified atom stereocenters. The van der Waals surface area contributed by atoms with E-state index in [1.54, 1.807) is 0 Å². The molecule has 2 N–H and O–H groups in total. The molecule has 0 spiro atoms. The highest BCUT2D eigenvalue weighted by molar-refractivity contribution is 5.80. The zero-order valence-electron chi connectivity index (χ0n) is 18.3. The lowest BCUT2D eigenvalue weighted by Gasteiger charge is -2.38. The number of hydrogen-bond donors (Lipinski definition) is 2. The van der Waals surface area contributed by atoms with E-state index in [0.717, 1.165) is 43.6 Å². The van der Waals surface area contributed by atoms with Gasteiger partial charge in [0.05, 0.1) is 12.6 Å². The van der Waals surface area contributed by atoms with Crippen molar-refractivity contribution >= 4 is 11.8 Å². The minimum absolute atomic E-state index is 0.153. The van der Waals surface area contributed by atoms with Crippen LogP contribution in [0.5, 0.6) is 5.75 Å². The predicted octanol–water partition coefficient (Wildman–Crippen LogP) is 4.04. The van der Waals surface area contributed by atoms with Gasteiger partial charge >= 0.3 is 0 Å². The van der Waals surface area contributed by atoms with Crippen molar-refractivity contribution in [3.63, 3.8) is 0 Å². The molecule has 1 saturated heterocycles. The summed E-state index contributed by atoms with van der Waals surface area (Å²) in [4.78, 5) is 11.8. The number of guanidine groups is 1.